The largest absolute Gasteiger partial charge is 0.480 e. The molecule has 136 valence electrons. The minimum absolute atomic E-state index is 0.0299. The molecule has 4 N–H and O–H groups in total. The molecule has 25 heavy (non-hydrogen) atoms. The summed E-state index contributed by atoms with van der Waals surface area (Å²) in [6, 6.07) is 3.96. The third-order valence-electron chi connectivity index (χ3n) is 3.40. The molecule has 2 amide bonds. The van der Waals surface area contributed by atoms with Crippen LogP contribution in [0.4, 0.5) is 0 Å². The standard InChI is InChI=1S/C17H24N4O4/c1-5-12(15(22)21-14(10(2)3)17(24)25)20-16(23)13-8-6-7-11(19-13)9-18-4/h5-8,10,14,18H,9H2,1-4H3,(H,20,23)(H,21,22)(H,24,25)/b12-5-/t14-/m0/s1. The Hall–Kier alpha value is -2.74. The zero-order valence-electron chi connectivity index (χ0n) is 14.8. The molecular weight excluding hydrogens is 324 g/mol. The van der Waals surface area contributed by atoms with Gasteiger partial charge in [-0.05, 0) is 32.0 Å². The van der Waals surface area contributed by atoms with Gasteiger partial charge in [-0.3, -0.25) is 9.59 Å². The highest BCUT2D eigenvalue weighted by Gasteiger charge is 2.25. The number of hydrogen-bond acceptors (Lipinski definition) is 5. The molecule has 0 unspecified atom stereocenters. The van der Waals surface area contributed by atoms with Crippen LogP contribution >= 0.6 is 0 Å². The van der Waals surface area contributed by atoms with Crippen molar-refractivity contribution in [3.8, 4) is 0 Å². The number of carboxylic acid groups (broad SMARTS) is 1. The first kappa shape index (κ1) is 20.3. The molecule has 0 aromatic carbocycles. The van der Waals surface area contributed by atoms with Gasteiger partial charge in [-0.2, -0.15) is 0 Å². The lowest BCUT2D eigenvalue weighted by Gasteiger charge is -2.19. The molecule has 0 saturated heterocycles. The van der Waals surface area contributed by atoms with Crippen LogP contribution < -0.4 is 16.0 Å². The average Bonchev–Trinajstić information content (AvgIpc) is 2.57. The SMILES string of the molecule is C/C=C(\NC(=O)c1cccc(CNC)n1)C(=O)N[C@H](C(=O)O)C(C)C. The fraction of sp³-hybridized carbons (Fsp3) is 0.412. The van der Waals surface area contributed by atoms with E-state index in [1.807, 2.05) is 0 Å². The van der Waals surface area contributed by atoms with Crippen LogP contribution in [-0.2, 0) is 16.1 Å². The Morgan fingerprint density at radius 2 is 1.96 bits per heavy atom. The van der Waals surface area contributed by atoms with Crippen LogP contribution in [0.25, 0.3) is 0 Å². The molecule has 1 aromatic rings. The number of pyridine rings is 1. The summed E-state index contributed by atoms with van der Waals surface area (Å²) < 4.78 is 0. The molecule has 8 nitrogen and oxygen atoms in total. The summed E-state index contributed by atoms with van der Waals surface area (Å²) in [5.74, 6) is -2.64. The quantitative estimate of drug-likeness (QED) is 0.512. The van der Waals surface area contributed by atoms with Gasteiger partial charge in [-0.1, -0.05) is 26.0 Å². The third-order valence-corrected chi connectivity index (χ3v) is 3.40. The number of carboxylic acids is 1. The highest BCUT2D eigenvalue weighted by molar-refractivity contribution is 6.02. The molecule has 1 heterocycles. The number of aromatic nitrogens is 1. The van der Waals surface area contributed by atoms with Crippen molar-refractivity contribution in [3.63, 3.8) is 0 Å². The number of amides is 2. The smallest absolute Gasteiger partial charge is 0.326 e. The van der Waals surface area contributed by atoms with Gasteiger partial charge >= 0.3 is 5.97 Å². The van der Waals surface area contributed by atoms with Gasteiger partial charge in [-0.25, -0.2) is 9.78 Å². The minimum Gasteiger partial charge on any atom is -0.480 e. The van der Waals surface area contributed by atoms with Gasteiger partial charge in [0.15, 0.2) is 0 Å². The maximum absolute atomic E-state index is 12.3. The first-order valence-electron chi connectivity index (χ1n) is 7.92. The van der Waals surface area contributed by atoms with E-state index in [-0.39, 0.29) is 17.3 Å². The van der Waals surface area contributed by atoms with Crippen LogP contribution in [0.1, 0.15) is 37.0 Å². The van der Waals surface area contributed by atoms with Crippen molar-refractivity contribution in [2.75, 3.05) is 7.05 Å². The summed E-state index contributed by atoms with van der Waals surface area (Å²) in [6.45, 7) is 5.45. The monoisotopic (exact) mass is 348 g/mol. The van der Waals surface area contributed by atoms with Crippen LogP contribution in [0, 0.1) is 5.92 Å². The van der Waals surface area contributed by atoms with E-state index in [4.69, 9.17) is 5.11 Å². The van der Waals surface area contributed by atoms with E-state index in [1.165, 1.54) is 12.1 Å². The van der Waals surface area contributed by atoms with Crippen molar-refractivity contribution < 1.29 is 19.5 Å². The van der Waals surface area contributed by atoms with Crippen molar-refractivity contribution in [1.29, 1.82) is 0 Å². The Balaban J connectivity index is 2.84. The maximum atomic E-state index is 12.3. The van der Waals surface area contributed by atoms with Crippen LogP contribution in [0.15, 0.2) is 30.0 Å². The Bertz CT molecular complexity index is 670. The first-order valence-corrected chi connectivity index (χ1v) is 7.92. The molecule has 0 spiro atoms. The second kappa shape index (κ2) is 9.53. The lowest BCUT2D eigenvalue weighted by atomic mass is 10.0. The topological polar surface area (TPSA) is 120 Å². The van der Waals surface area contributed by atoms with Crippen molar-refractivity contribution >= 4 is 17.8 Å². The molecule has 0 aliphatic rings. The van der Waals surface area contributed by atoms with Crippen molar-refractivity contribution in [1.82, 2.24) is 20.9 Å². The molecule has 0 radical (unpaired) electrons. The molecule has 0 saturated carbocycles. The Kier molecular flexibility index (Phi) is 7.74. The summed E-state index contributed by atoms with van der Waals surface area (Å²) in [6.07, 6.45) is 1.41. The number of carbonyl (C=O) groups is 3. The van der Waals surface area contributed by atoms with Crippen LogP contribution in [0.5, 0.6) is 0 Å². The van der Waals surface area contributed by atoms with Gasteiger partial charge in [-0.15, -0.1) is 0 Å². The molecule has 0 fully saturated rings. The number of allylic oxidation sites excluding steroid dienone is 1. The maximum Gasteiger partial charge on any atom is 0.326 e. The summed E-state index contributed by atoms with van der Waals surface area (Å²) in [5.41, 5.74) is 0.823. The Labute approximate surface area is 146 Å². The number of aliphatic carboxylic acids is 1. The van der Waals surface area contributed by atoms with Crippen molar-refractivity contribution in [2.24, 2.45) is 5.92 Å². The number of nitrogens with zero attached hydrogens (tertiary/aromatic N) is 1. The summed E-state index contributed by atoms with van der Waals surface area (Å²) in [7, 11) is 1.77. The van der Waals surface area contributed by atoms with Gasteiger partial charge in [0.2, 0.25) is 0 Å². The highest BCUT2D eigenvalue weighted by atomic mass is 16.4. The van der Waals surface area contributed by atoms with E-state index in [2.05, 4.69) is 20.9 Å². The molecule has 1 rings (SSSR count). The van der Waals surface area contributed by atoms with Gasteiger partial charge in [0, 0.05) is 6.54 Å². The Morgan fingerprint density at radius 1 is 1.28 bits per heavy atom. The fourth-order valence-corrected chi connectivity index (χ4v) is 2.06. The fourth-order valence-electron chi connectivity index (χ4n) is 2.06. The predicted octanol–water partition coefficient (Wildman–Crippen LogP) is 0.660. The lowest BCUT2D eigenvalue weighted by Crippen LogP contribution is -2.47. The number of carbonyl (C=O) groups excluding carboxylic acids is 2. The number of rotatable bonds is 8. The van der Waals surface area contributed by atoms with E-state index in [0.717, 1.165) is 0 Å². The molecule has 0 aliphatic heterocycles. The first-order chi connectivity index (χ1) is 11.8. The molecule has 0 bridgehead atoms. The van der Waals surface area contributed by atoms with Crippen LogP contribution in [0.2, 0.25) is 0 Å². The summed E-state index contributed by atoms with van der Waals surface area (Å²) in [4.78, 5) is 39.9. The highest BCUT2D eigenvalue weighted by Crippen LogP contribution is 2.05. The van der Waals surface area contributed by atoms with Gasteiger partial charge < -0.3 is 21.1 Å². The lowest BCUT2D eigenvalue weighted by molar-refractivity contribution is -0.142. The van der Waals surface area contributed by atoms with Crippen molar-refractivity contribution in [3.05, 3.63) is 41.4 Å². The van der Waals surface area contributed by atoms with E-state index in [0.29, 0.717) is 12.2 Å². The van der Waals surface area contributed by atoms with Crippen LogP contribution in [0.3, 0.4) is 0 Å². The molecule has 0 aliphatic carbocycles. The zero-order valence-corrected chi connectivity index (χ0v) is 14.8. The van der Waals surface area contributed by atoms with Gasteiger partial charge in [0.05, 0.1) is 5.69 Å². The van der Waals surface area contributed by atoms with Crippen molar-refractivity contribution in [2.45, 2.75) is 33.4 Å². The summed E-state index contributed by atoms with van der Waals surface area (Å²) in [5, 5.41) is 17.0. The Morgan fingerprint density at radius 3 is 2.48 bits per heavy atom. The molecule has 1 atom stereocenters. The normalized spacial score (nSPS) is 12.6. The number of nitrogens with one attached hydrogen (secondary N) is 3. The van der Waals surface area contributed by atoms with E-state index in [1.54, 1.807) is 40.0 Å². The molecular formula is C17H24N4O4. The van der Waals surface area contributed by atoms with E-state index < -0.39 is 23.8 Å². The van der Waals surface area contributed by atoms with Crippen LogP contribution in [-0.4, -0.2) is 41.0 Å². The second-order valence-corrected chi connectivity index (χ2v) is 5.73. The van der Waals surface area contributed by atoms with Gasteiger partial charge in [0.25, 0.3) is 11.8 Å². The zero-order chi connectivity index (χ0) is 19.0. The van der Waals surface area contributed by atoms with E-state index >= 15 is 0 Å². The molecule has 1 aromatic heterocycles. The average molecular weight is 348 g/mol. The second-order valence-electron chi connectivity index (χ2n) is 5.73. The number of hydrogen-bond donors (Lipinski definition) is 4. The van der Waals surface area contributed by atoms with E-state index in [9.17, 15) is 14.4 Å². The third kappa shape index (κ3) is 6.00. The minimum atomic E-state index is -1.13. The predicted molar refractivity (Wildman–Crippen MR) is 92.6 cm³/mol. The summed E-state index contributed by atoms with van der Waals surface area (Å²) >= 11 is 0. The molecule has 8 heteroatoms. The van der Waals surface area contributed by atoms with Gasteiger partial charge in [0.1, 0.15) is 17.4 Å².